The van der Waals surface area contributed by atoms with Crippen LogP contribution in [0.4, 0.5) is 0 Å². The van der Waals surface area contributed by atoms with Gasteiger partial charge in [-0.25, -0.2) is 4.98 Å². The van der Waals surface area contributed by atoms with Gasteiger partial charge in [0.15, 0.2) is 0 Å². The highest BCUT2D eigenvalue weighted by atomic mass is 16.5. The summed E-state index contributed by atoms with van der Waals surface area (Å²) in [5.41, 5.74) is 6.83. The zero-order chi connectivity index (χ0) is 13.5. The van der Waals surface area contributed by atoms with Crippen molar-refractivity contribution in [3.63, 3.8) is 0 Å². The van der Waals surface area contributed by atoms with Crippen LogP contribution in [-0.4, -0.2) is 47.8 Å². The molecule has 0 amide bonds. The van der Waals surface area contributed by atoms with Crippen LogP contribution in [0.25, 0.3) is 0 Å². The van der Waals surface area contributed by atoms with Gasteiger partial charge in [-0.05, 0) is 19.5 Å². The molecule has 0 fully saturated rings. The Morgan fingerprint density at radius 2 is 2.28 bits per heavy atom. The molecule has 18 heavy (non-hydrogen) atoms. The molecule has 0 radical (unpaired) electrons. The number of aliphatic hydroxyl groups is 1. The largest absolute Gasteiger partial charge is 0.481 e. The number of rotatable bonds is 7. The zero-order valence-electron chi connectivity index (χ0n) is 11.3. The standard InChI is InChI=1S/C13H23N3O2/c1-4-16(8-11(14)9-17)10(2)12-6-5-7-15-13(12)18-3/h5-7,10-11,17H,4,8-9,14H2,1-3H3/t10-,11?/m1/s1. The number of pyridine rings is 1. The van der Waals surface area contributed by atoms with Crippen molar-refractivity contribution in [2.24, 2.45) is 5.73 Å². The monoisotopic (exact) mass is 253 g/mol. The van der Waals surface area contributed by atoms with Crippen LogP contribution in [0.15, 0.2) is 18.3 Å². The molecule has 5 heteroatoms. The van der Waals surface area contributed by atoms with Gasteiger partial charge in [-0.15, -0.1) is 0 Å². The van der Waals surface area contributed by atoms with E-state index in [9.17, 15) is 0 Å². The highest BCUT2D eigenvalue weighted by molar-refractivity contribution is 5.28. The minimum absolute atomic E-state index is 0.00655. The molecule has 0 saturated heterocycles. The van der Waals surface area contributed by atoms with Gasteiger partial charge in [-0.2, -0.15) is 0 Å². The molecule has 0 aliphatic heterocycles. The van der Waals surface area contributed by atoms with Gasteiger partial charge in [0.1, 0.15) is 0 Å². The summed E-state index contributed by atoms with van der Waals surface area (Å²) in [6.45, 7) is 5.66. The lowest BCUT2D eigenvalue weighted by Crippen LogP contribution is -2.41. The third kappa shape index (κ3) is 3.66. The van der Waals surface area contributed by atoms with E-state index in [-0.39, 0.29) is 18.7 Å². The van der Waals surface area contributed by atoms with Gasteiger partial charge in [0, 0.05) is 30.4 Å². The molecule has 0 aromatic carbocycles. The number of nitrogens with two attached hydrogens (primary N) is 1. The first kappa shape index (κ1) is 14.9. The maximum absolute atomic E-state index is 9.04. The predicted octanol–water partition coefficient (Wildman–Crippen LogP) is 0.793. The van der Waals surface area contributed by atoms with E-state index in [4.69, 9.17) is 15.6 Å². The molecular weight excluding hydrogens is 230 g/mol. The maximum atomic E-state index is 9.04. The van der Waals surface area contributed by atoms with Crippen molar-refractivity contribution in [2.75, 3.05) is 26.8 Å². The van der Waals surface area contributed by atoms with E-state index in [1.165, 1.54) is 0 Å². The van der Waals surface area contributed by atoms with E-state index in [1.54, 1.807) is 13.3 Å². The Kier molecular flexibility index (Phi) is 6.04. The molecule has 3 N–H and O–H groups in total. The molecule has 1 heterocycles. The van der Waals surface area contributed by atoms with Gasteiger partial charge in [-0.3, -0.25) is 4.90 Å². The van der Waals surface area contributed by atoms with Gasteiger partial charge in [0.05, 0.1) is 13.7 Å². The van der Waals surface area contributed by atoms with E-state index in [1.807, 2.05) is 12.1 Å². The SMILES string of the molecule is CCN(CC(N)CO)[C@H](C)c1cccnc1OC. The van der Waals surface area contributed by atoms with Crippen LogP contribution in [0.2, 0.25) is 0 Å². The molecule has 1 aromatic heterocycles. The van der Waals surface area contributed by atoms with Crippen LogP contribution in [0.3, 0.4) is 0 Å². The molecule has 5 nitrogen and oxygen atoms in total. The van der Waals surface area contributed by atoms with E-state index >= 15 is 0 Å². The van der Waals surface area contributed by atoms with Crippen LogP contribution in [-0.2, 0) is 0 Å². The predicted molar refractivity (Wildman–Crippen MR) is 71.5 cm³/mol. The van der Waals surface area contributed by atoms with Crippen molar-refractivity contribution < 1.29 is 9.84 Å². The summed E-state index contributed by atoms with van der Waals surface area (Å²) >= 11 is 0. The first-order chi connectivity index (χ1) is 8.63. The maximum Gasteiger partial charge on any atom is 0.217 e. The number of likely N-dealkylation sites (N-methyl/N-ethyl adjacent to an activating group) is 1. The zero-order valence-corrected chi connectivity index (χ0v) is 11.3. The number of hydrogen-bond donors (Lipinski definition) is 2. The molecule has 0 aliphatic carbocycles. The van der Waals surface area contributed by atoms with Crippen molar-refractivity contribution in [2.45, 2.75) is 25.9 Å². The molecule has 2 atom stereocenters. The number of nitrogens with zero attached hydrogens (tertiary/aromatic N) is 2. The van der Waals surface area contributed by atoms with Gasteiger partial charge < -0.3 is 15.6 Å². The smallest absolute Gasteiger partial charge is 0.217 e. The quantitative estimate of drug-likeness (QED) is 0.752. The highest BCUT2D eigenvalue weighted by Gasteiger charge is 2.20. The van der Waals surface area contributed by atoms with Crippen LogP contribution in [0.5, 0.6) is 5.88 Å². The van der Waals surface area contributed by atoms with Crippen LogP contribution >= 0.6 is 0 Å². The van der Waals surface area contributed by atoms with Crippen LogP contribution in [0, 0.1) is 0 Å². The number of hydrogen-bond acceptors (Lipinski definition) is 5. The average Bonchev–Trinajstić information content (AvgIpc) is 2.43. The summed E-state index contributed by atoms with van der Waals surface area (Å²) in [5.74, 6) is 0.640. The van der Waals surface area contributed by atoms with Gasteiger partial charge in [0.2, 0.25) is 5.88 Å². The Bertz CT molecular complexity index is 360. The van der Waals surface area contributed by atoms with Crippen molar-refractivity contribution >= 4 is 0 Å². The molecule has 0 spiro atoms. The van der Waals surface area contributed by atoms with E-state index in [0.717, 1.165) is 12.1 Å². The van der Waals surface area contributed by atoms with Gasteiger partial charge >= 0.3 is 0 Å². The van der Waals surface area contributed by atoms with Crippen LogP contribution < -0.4 is 10.5 Å². The summed E-state index contributed by atoms with van der Waals surface area (Å²) in [5, 5.41) is 9.04. The Labute approximate surface area is 109 Å². The second kappa shape index (κ2) is 7.31. The first-order valence-corrected chi connectivity index (χ1v) is 6.23. The second-order valence-corrected chi connectivity index (χ2v) is 4.31. The van der Waals surface area contributed by atoms with E-state index in [0.29, 0.717) is 12.4 Å². The Morgan fingerprint density at radius 1 is 1.56 bits per heavy atom. The Hall–Kier alpha value is -1.17. The number of aromatic nitrogens is 1. The minimum Gasteiger partial charge on any atom is -0.481 e. The van der Waals surface area contributed by atoms with Crippen molar-refractivity contribution in [3.8, 4) is 5.88 Å². The third-order valence-corrected chi connectivity index (χ3v) is 3.10. The molecule has 0 saturated carbocycles. The number of methoxy groups -OCH3 is 1. The summed E-state index contributed by atoms with van der Waals surface area (Å²) in [6, 6.07) is 3.82. The lowest BCUT2D eigenvalue weighted by molar-refractivity contribution is 0.170. The first-order valence-electron chi connectivity index (χ1n) is 6.23. The molecule has 1 aromatic rings. The molecule has 0 bridgehead atoms. The molecule has 1 rings (SSSR count). The fourth-order valence-corrected chi connectivity index (χ4v) is 2.01. The normalized spacial score (nSPS) is 14.6. The van der Waals surface area contributed by atoms with Crippen molar-refractivity contribution in [1.82, 2.24) is 9.88 Å². The van der Waals surface area contributed by atoms with Crippen molar-refractivity contribution in [1.29, 1.82) is 0 Å². The highest BCUT2D eigenvalue weighted by Crippen LogP contribution is 2.26. The summed E-state index contributed by atoms with van der Waals surface area (Å²) in [6.07, 6.45) is 1.71. The number of aliphatic hydroxyl groups excluding tert-OH is 1. The lowest BCUT2D eigenvalue weighted by Gasteiger charge is -2.30. The van der Waals surface area contributed by atoms with Crippen molar-refractivity contribution in [3.05, 3.63) is 23.9 Å². The Balaban J connectivity index is 2.85. The summed E-state index contributed by atoms with van der Waals surface area (Å²) in [7, 11) is 1.62. The van der Waals surface area contributed by atoms with E-state index < -0.39 is 0 Å². The molecule has 0 aliphatic rings. The summed E-state index contributed by atoms with van der Waals surface area (Å²) < 4.78 is 5.27. The second-order valence-electron chi connectivity index (χ2n) is 4.31. The van der Waals surface area contributed by atoms with Crippen LogP contribution in [0.1, 0.15) is 25.5 Å². The van der Waals surface area contributed by atoms with Gasteiger partial charge in [0.25, 0.3) is 0 Å². The van der Waals surface area contributed by atoms with Gasteiger partial charge in [-0.1, -0.05) is 13.0 Å². The fraction of sp³-hybridized carbons (Fsp3) is 0.615. The Morgan fingerprint density at radius 3 is 2.83 bits per heavy atom. The number of ether oxygens (including phenoxy) is 1. The average molecular weight is 253 g/mol. The molecule has 1 unspecified atom stereocenters. The van der Waals surface area contributed by atoms with E-state index in [2.05, 4.69) is 23.7 Å². The minimum atomic E-state index is -0.227. The lowest BCUT2D eigenvalue weighted by atomic mass is 10.1. The summed E-state index contributed by atoms with van der Waals surface area (Å²) in [4.78, 5) is 6.40. The molecular formula is C13H23N3O2. The fourth-order valence-electron chi connectivity index (χ4n) is 2.01. The molecule has 102 valence electrons. The third-order valence-electron chi connectivity index (χ3n) is 3.10. The topological polar surface area (TPSA) is 71.6 Å².